The van der Waals surface area contributed by atoms with E-state index >= 15 is 0 Å². The number of aromatic nitrogens is 4. The van der Waals surface area contributed by atoms with E-state index in [9.17, 15) is 4.79 Å². The van der Waals surface area contributed by atoms with Gasteiger partial charge in [0.15, 0.2) is 16.1 Å². The Morgan fingerprint density at radius 2 is 1.97 bits per heavy atom. The van der Waals surface area contributed by atoms with Crippen molar-refractivity contribution < 1.29 is 9.53 Å². The van der Waals surface area contributed by atoms with E-state index < -0.39 is 0 Å². The van der Waals surface area contributed by atoms with Crippen molar-refractivity contribution in [2.75, 3.05) is 5.32 Å². The van der Waals surface area contributed by atoms with E-state index in [2.05, 4.69) is 34.3 Å². The fraction of sp³-hybridized carbons (Fsp3) is 0.400. The second-order valence-corrected chi connectivity index (χ2v) is 9.16. The van der Waals surface area contributed by atoms with E-state index in [1.807, 2.05) is 48.9 Å². The van der Waals surface area contributed by atoms with Crippen LogP contribution in [-0.4, -0.2) is 30.9 Å². The zero-order chi connectivity index (χ0) is 21.0. The van der Waals surface area contributed by atoms with Crippen LogP contribution in [0.5, 0.6) is 5.75 Å². The number of rotatable bonds is 8. The minimum Gasteiger partial charge on any atom is -0.485 e. The number of thiazole rings is 1. The minimum absolute atomic E-state index is 0.114. The fourth-order valence-electron chi connectivity index (χ4n) is 2.87. The number of anilines is 1. The lowest BCUT2D eigenvalue weighted by Crippen LogP contribution is -2.23. The predicted octanol–water partition coefficient (Wildman–Crippen LogP) is 4.63. The molecule has 2 heterocycles. The molecule has 0 unspecified atom stereocenters. The highest BCUT2D eigenvalue weighted by Gasteiger charge is 2.22. The topological polar surface area (TPSA) is 81.9 Å². The molecule has 0 saturated carbocycles. The molecule has 3 aromatic rings. The van der Waals surface area contributed by atoms with Crippen molar-refractivity contribution in [2.24, 2.45) is 0 Å². The maximum atomic E-state index is 12.4. The van der Waals surface area contributed by atoms with Crippen LogP contribution in [0.25, 0.3) is 0 Å². The van der Waals surface area contributed by atoms with Crippen LogP contribution in [0.2, 0.25) is 0 Å². The molecule has 2 aromatic heterocycles. The Morgan fingerprint density at radius 1 is 1.24 bits per heavy atom. The third kappa shape index (κ3) is 5.16. The third-order valence-electron chi connectivity index (χ3n) is 4.32. The van der Waals surface area contributed by atoms with Gasteiger partial charge in [0.05, 0.1) is 5.25 Å². The second kappa shape index (κ2) is 9.41. The molecular weight excluding hydrogens is 406 g/mol. The van der Waals surface area contributed by atoms with E-state index in [0.29, 0.717) is 16.9 Å². The number of benzene rings is 1. The summed E-state index contributed by atoms with van der Waals surface area (Å²) >= 11 is 2.77. The van der Waals surface area contributed by atoms with Gasteiger partial charge in [0, 0.05) is 17.6 Å². The monoisotopic (exact) mass is 431 g/mol. The zero-order valence-electron chi connectivity index (χ0n) is 17.2. The van der Waals surface area contributed by atoms with Crippen molar-refractivity contribution in [1.82, 2.24) is 19.7 Å². The van der Waals surface area contributed by atoms with Crippen molar-refractivity contribution in [2.45, 2.75) is 57.7 Å². The first kappa shape index (κ1) is 21.3. The molecule has 154 valence electrons. The smallest absolute Gasteiger partial charge is 0.239 e. The number of carbonyl (C=O) groups is 1. The number of hydrogen-bond acceptors (Lipinski definition) is 7. The van der Waals surface area contributed by atoms with Crippen molar-refractivity contribution >= 4 is 34.1 Å². The Hall–Kier alpha value is -2.39. The van der Waals surface area contributed by atoms with Gasteiger partial charge in [-0.3, -0.25) is 4.79 Å². The maximum absolute atomic E-state index is 12.4. The molecule has 7 nitrogen and oxygen atoms in total. The summed E-state index contributed by atoms with van der Waals surface area (Å²) in [5, 5.41) is 14.2. The first-order valence-electron chi connectivity index (χ1n) is 9.36. The quantitative estimate of drug-likeness (QED) is 0.524. The number of aryl methyl sites for hydroxylation is 2. The molecule has 0 saturated heterocycles. The Morgan fingerprint density at radius 3 is 2.59 bits per heavy atom. The highest BCUT2D eigenvalue weighted by molar-refractivity contribution is 8.00. The first-order chi connectivity index (χ1) is 13.9. The molecule has 0 aliphatic heterocycles. The molecule has 0 spiro atoms. The van der Waals surface area contributed by atoms with Gasteiger partial charge in [0.1, 0.15) is 12.4 Å². The fourth-order valence-corrected chi connectivity index (χ4v) is 4.40. The highest BCUT2D eigenvalue weighted by atomic mass is 32.2. The number of para-hydroxylation sites is 1. The molecule has 0 fully saturated rings. The van der Waals surface area contributed by atoms with Crippen LogP contribution < -0.4 is 10.1 Å². The number of nitrogens with one attached hydrogen (secondary N) is 1. The summed E-state index contributed by atoms with van der Waals surface area (Å²) in [6.45, 7) is 10.3. The summed E-state index contributed by atoms with van der Waals surface area (Å²) < 4.78 is 8.08. The number of thioether (sulfide) groups is 1. The van der Waals surface area contributed by atoms with E-state index in [-0.39, 0.29) is 17.2 Å². The standard InChI is InChI=1S/C20H25N5O2S2/c1-12(2)25-16(11-27-17-13(3)7-6-8-14(17)4)23-24-20(25)29-15(5)18(26)22-19-21-9-10-28-19/h6-10,12,15H,11H2,1-5H3,(H,21,22,26)/t15-/m0/s1. The third-order valence-corrected chi connectivity index (χ3v) is 6.07. The Bertz CT molecular complexity index is 949. The Kier molecular flexibility index (Phi) is 6.92. The van der Waals surface area contributed by atoms with Gasteiger partial charge in [-0.1, -0.05) is 30.0 Å². The number of ether oxygens (including phenoxy) is 1. The van der Waals surface area contributed by atoms with E-state index in [1.165, 1.54) is 23.1 Å². The normalized spacial score (nSPS) is 12.2. The average Bonchev–Trinajstić information content (AvgIpc) is 3.31. The Balaban J connectivity index is 1.72. The van der Waals surface area contributed by atoms with Crippen molar-refractivity contribution in [3.8, 4) is 5.75 Å². The van der Waals surface area contributed by atoms with E-state index in [1.54, 1.807) is 6.20 Å². The first-order valence-corrected chi connectivity index (χ1v) is 11.1. The largest absolute Gasteiger partial charge is 0.485 e. The number of hydrogen-bond donors (Lipinski definition) is 1. The SMILES string of the molecule is Cc1cccc(C)c1OCc1nnc(S[C@@H](C)C(=O)Nc2nccs2)n1C(C)C. The Labute approximate surface area is 178 Å². The van der Waals surface area contributed by atoms with Crippen LogP contribution in [0.15, 0.2) is 34.9 Å². The minimum atomic E-state index is -0.340. The number of amides is 1. The van der Waals surface area contributed by atoms with Crippen LogP contribution >= 0.6 is 23.1 Å². The molecule has 9 heteroatoms. The molecule has 1 aromatic carbocycles. The van der Waals surface area contributed by atoms with Gasteiger partial charge in [-0.2, -0.15) is 0 Å². The van der Waals surface area contributed by atoms with Crippen LogP contribution in [0.3, 0.4) is 0 Å². The van der Waals surface area contributed by atoms with Crippen LogP contribution in [0.4, 0.5) is 5.13 Å². The van der Waals surface area contributed by atoms with Gasteiger partial charge in [-0.25, -0.2) is 4.98 Å². The lowest BCUT2D eigenvalue weighted by atomic mass is 10.1. The van der Waals surface area contributed by atoms with Crippen molar-refractivity contribution in [3.63, 3.8) is 0 Å². The molecule has 0 aliphatic rings. The summed E-state index contributed by atoms with van der Waals surface area (Å²) in [5.74, 6) is 1.49. The van der Waals surface area contributed by atoms with E-state index in [4.69, 9.17) is 4.74 Å². The predicted molar refractivity (Wildman–Crippen MR) is 117 cm³/mol. The van der Waals surface area contributed by atoms with Gasteiger partial charge < -0.3 is 14.6 Å². The number of carbonyl (C=O) groups excluding carboxylic acids is 1. The summed E-state index contributed by atoms with van der Waals surface area (Å²) in [4.78, 5) is 16.5. The molecular formula is C20H25N5O2S2. The maximum Gasteiger partial charge on any atom is 0.239 e. The average molecular weight is 432 g/mol. The van der Waals surface area contributed by atoms with Crippen molar-refractivity contribution in [3.05, 3.63) is 46.7 Å². The van der Waals surface area contributed by atoms with Crippen molar-refractivity contribution in [1.29, 1.82) is 0 Å². The zero-order valence-corrected chi connectivity index (χ0v) is 18.8. The van der Waals surface area contributed by atoms with Gasteiger partial charge in [-0.15, -0.1) is 21.5 Å². The lowest BCUT2D eigenvalue weighted by molar-refractivity contribution is -0.115. The highest BCUT2D eigenvalue weighted by Crippen LogP contribution is 2.28. The summed E-state index contributed by atoms with van der Waals surface area (Å²) in [7, 11) is 0. The van der Waals surface area contributed by atoms with Gasteiger partial charge in [-0.05, 0) is 45.7 Å². The molecule has 0 aliphatic carbocycles. The second-order valence-electron chi connectivity index (χ2n) is 6.96. The van der Waals surface area contributed by atoms with Gasteiger partial charge >= 0.3 is 0 Å². The molecule has 0 bridgehead atoms. The van der Waals surface area contributed by atoms with Crippen LogP contribution in [0, 0.1) is 13.8 Å². The summed E-state index contributed by atoms with van der Waals surface area (Å²) in [5.41, 5.74) is 2.17. The van der Waals surface area contributed by atoms with E-state index in [0.717, 1.165) is 22.7 Å². The van der Waals surface area contributed by atoms with Crippen LogP contribution in [0.1, 0.15) is 43.8 Å². The number of nitrogens with zero attached hydrogens (tertiary/aromatic N) is 4. The lowest BCUT2D eigenvalue weighted by Gasteiger charge is -2.17. The van der Waals surface area contributed by atoms with Gasteiger partial charge in [0.25, 0.3) is 0 Å². The molecule has 29 heavy (non-hydrogen) atoms. The molecule has 0 radical (unpaired) electrons. The molecule has 1 N–H and O–H groups in total. The summed E-state index contributed by atoms with van der Waals surface area (Å²) in [6, 6.07) is 6.21. The molecule has 1 amide bonds. The molecule has 1 atom stereocenters. The van der Waals surface area contributed by atoms with Gasteiger partial charge in [0.2, 0.25) is 5.91 Å². The summed E-state index contributed by atoms with van der Waals surface area (Å²) in [6.07, 6.45) is 1.66. The van der Waals surface area contributed by atoms with Crippen LogP contribution in [-0.2, 0) is 11.4 Å². The molecule has 3 rings (SSSR count).